The van der Waals surface area contributed by atoms with Crippen LogP contribution in [0.3, 0.4) is 0 Å². The van der Waals surface area contributed by atoms with Gasteiger partial charge in [-0.1, -0.05) is 13.3 Å². The number of amides is 1. The van der Waals surface area contributed by atoms with Gasteiger partial charge in [-0.15, -0.1) is 12.4 Å². The molecule has 0 aromatic rings. The van der Waals surface area contributed by atoms with E-state index in [4.69, 9.17) is 0 Å². The molecule has 2 aliphatic rings. The molecule has 0 radical (unpaired) electrons. The fourth-order valence-electron chi connectivity index (χ4n) is 2.05. The molecule has 1 aliphatic heterocycles. The minimum Gasteiger partial charge on any atom is -0.352 e. The topological polar surface area (TPSA) is 41.1 Å². The Labute approximate surface area is 95.6 Å². The highest BCUT2D eigenvalue weighted by atomic mass is 35.5. The lowest BCUT2D eigenvalue weighted by molar-refractivity contribution is -0.123. The molecular formula is C10H18ClFN2O. The highest BCUT2D eigenvalue weighted by Crippen LogP contribution is 2.33. The highest BCUT2D eigenvalue weighted by Gasteiger charge is 2.39. The molecule has 4 atom stereocenters. The van der Waals surface area contributed by atoms with E-state index in [9.17, 15) is 9.18 Å². The van der Waals surface area contributed by atoms with E-state index in [-0.39, 0.29) is 24.4 Å². The van der Waals surface area contributed by atoms with Crippen LogP contribution in [0.2, 0.25) is 0 Å². The fourth-order valence-corrected chi connectivity index (χ4v) is 2.05. The van der Waals surface area contributed by atoms with Crippen molar-refractivity contribution in [3.8, 4) is 0 Å². The molecule has 0 bridgehead atoms. The summed E-state index contributed by atoms with van der Waals surface area (Å²) in [7, 11) is 0. The molecule has 2 unspecified atom stereocenters. The molecule has 0 aromatic heterocycles. The number of nitrogens with one attached hydrogen (secondary N) is 2. The van der Waals surface area contributed by atoms with Crippen molar-refractivity contribution < 1.29 is 9.18 Å². The number of rotatable bonds is 3. The van der Waals surface area contributed by atoms with E-state index < -0.39 is 6.17 Å². The number of hydrogen-bond acceptors (Lipinski definition) is 2. The van der Waals surface area contributed by atoms with Gasteiger partial charge in [-0.2, -0.15) is 0 Å². The van der Waals surface area contributed by atoms with E-state index in [1.54, 1.807) is 0 Å². The first-order valence-electron chi connectivity index (χ1n) is 5.38. The summed E-state index contributed by atoms with van der Waals surface area (Å²) in [6, 6.07) is 0.0519. The molecule has 5 heteroatoms. The Bertz CT molecular complexity index is 239. The van der Waals surface area contributed by atoms with E-state index in [2.05, 4.69) is 17.6 Å². The van der Waals surface area contributed by atoms with Crippen LogP contribution in [0.4, 0.5) is 4.39 Å². The van der Waals surface area contributed by atoms with Gasteiger partial charge in [0.2, 0.25) is 5.91 Å². The summed E-state index contributed by atoms with van der Waals surface area (Å²) in [6.07, 6.45) is 1.69. The fraction of sp³-hybridized carbons (Fsp3) is 0.900. The Hall–Kier alpha value is -0.350. The van der Waals surface area contributed by atoms with Crippen LogP contribution < -0.4 is 10.6 Å². The molecule has 2 N–H and O–H groups in total. The first-order chi connectivity index (χ1) is 6.70. The van der Waals surface area contributed by atoms with Crippen molar-refractivity contribution in [2.24, 2.45) is 5.92 Å². The van der Waals surface area contributed by atoms with Crippen LogP contribution in [0.1, 0.15) is 26.2 Å². The second kappa shape index (κ2) is 5.12. The Morgan fingerprint density at radius 2 is 2.27 bits per heavy atom. The molecule has 1 amide bonds. The first-order valence-corrected chi connectivity index (χ1v) is 5.38. The van der Waals surface area contributed by atoms with Crippen molar-refractivity contribution in [1.82, 2.24) is 10.6 Å². The van der Waals surface area contributed by atoms with E-state index >= 15 is 0 Å². The molecule has 3 nitrogen and oxygen atoms in total. The molecule has 1 heterocycles. The van der Waals surface area contributed by atoms with Crippen LogP contribution >= 0.6 is 12.4 Å². The molecule has 1 saturated heterocycles. The van der Waals surface area contributed by atoms with Gasteiger partial charge in [0.25, 0.3) is 0 Å². The molecular weight excluding hydrogens is 219 g/mol. The third-order valence-corrected chi connectivity index (χ3v) is 3.17. The molecule has 2 fully saturated rings. The summed E-state index contributed by atoms with van der Waals surface area (Å²) in [5.74, 6) is 0.632. The standard InChI is InChI=1S/C10H17FN2O.ClH/c1-2-6-3-8(6)13-10(14)9-4-7(11)5-12-9;/h6-9,12H,2-5H2,1H3,(H,13,14);1H/t6?,7-,8?,9+;/m1./s1. The number of halogens is 2. The first kappa shape index (κ1) is 12.7. The van der Waals surface area contributed by atoms with Gasteiger partial charge in [0.1, 0.15) is 6.17 Å². The molecule has 0 aromatic carbocycles. The highest BCUT2D eigenvalue weighted by molar-refractivity contribution is 5.85. The van der Waals surface area contributed by atoms with E-state index in [1.165, 1.54) is 0 Å². The van der Waals surface area contributed by atoms with Crippen molar-refractivity contribution in [2.45, 2.75) is 44.4 Å². The summed E-state index contributed by atoms with van der Waals surface area (Å²) in [5.41, 5.74) is 0. The minimum absolute atomic E-state index is 0. The maximum Gasteiger partial charge on any atom is 0.237 e. The number of carbonyl (C=O) groups is 1. The zero-order chi connectivity index (χ0) is 10.1. The second-order valence-corrected chi connectivity index (χ2v) is 4.31. The molecule has 15 heavy (non-hydrogen) atoms. The number of alkyl halides is 1. The van der Waals surface area contributed by atoms with Gasteiger partial charge in [-0.25, -0.2) is 4.39 Å². The maximum atomic E-state index is 12.8. The van der Waals surface area contributed by atoms with Crippen LogP contribution in [0.15, 0.2) is 0 Å². The molecule has 1 aliphatic carbocycles. The third-order valence-electron chi connectivity index (χ3n) is 3.17. The molecule has 1 saturated carbocycles. The zero-order valence-corrected chi connectivity index (χ0v) is 9.65. The summed E-state index contributed by atoms with van der Waals surface area (Å²) in [4.78, 5) is 11.6. The van der Waals surface area contributed by atoms with Crippen molar-refractivity contribution in [3.05, 3.63) is 0 Å². The van der Waals surface area contributed by atoms with E-state index in [0.717, 1.165) is 12.8 Å². The second-order valence-electron chi connectivity index (χ2n) is 4.31. The summed E-state index contributed by atoms with van der Waals surface area (Å²) < 4.78 is 12.8. The lowest BCUT2D eigenvalue weighted by atomic mass is 10.2. The molecule has 2 rings (SSSR count). The van der Waals surface area contributed by atoms with Gasteiger partial charge in [-0.05, 0) is 12.3 Å². The van der Waals surface area contributed by atoms with Gasteiger partial charge in [0, 0.05) is 19.0 Å². The SMILES string of the molecule is CCC1CC1NC(=O)[C@@H]1C[C@@H](F)CN1.Cl. The normalized spacial score (nSPS) is 38.3. The van der Waals surface area contributed by atoms with Crippen LogP contribution in [0, 0.1) is 5.92 Å². The average Bonchev–Trinajstić information content (AvgIpc) is 2.77. The summed E-state index contributed by atoms with van der Waals surface area (Å²) in [6.45, 7) is 2.45. The Kier molecular flexibility index (Phi) is 4.34. The zero-order valence-electron chi connectivity index (χ0n) is 8.83. The van der Waals surface area contributed by atoms with Crippen LogP contribution in [-0.2, 0) is 4.79 Å². The Balaban J connectivity index is 0.00000112. The Morgan fingerprint density at radius 3 is 2.73 bits per heavy atom. The summed E-state index contributed by atoms with van der Waals surface area (Å²) >= 11 is 0. The maximum absolute atomic E-state index is 12.8. The quantitative estimate of drug-likeness (QED) is 0.769. The van der Waals surface area contributed by atoms with Crippen molar-refractivity contribution in [2.75, 3.05) is 6.54 Å². The Morgan fingerprint density at radius 1 is 1.53 bits per heavy atom. The van der Waals surface area contributed by atoms with Crippen LogP contribution in [-0.4, -0.2) is 30.7 Å². The predicted molar refractivity (Wildman–Crippen MR) is 58.9 cm³/mol. The van der Waals surface area contributed by atoms with Gasteiger partial charge in [-0.3, -0.25) is 4.79 Å². The van der Waals surface area contributed by atoms with E-state index in [0.29, 0.717) is 24.9 Å². The monoisotopic (exact) mass is 236 g/mol. The van der Waals surface area contributed by atoms with Crippen LogP contribution in [0.25, 0.3) is 0 Å². The van der Waals surface area contributed by atoms with Gasteiger partial charge < -0.3 is 10.6 Å². The van der Waals surface area contributed by atoms with Gasteiger partial charge >= 0.3 is 0 Å². The molecule has 0 spiro atoms. The third kappa shape index (κ3) is 3.05. The van der Waals surface area contributed by atoms with E-state index in [1.807, 2.05) is 0 Å². The average molecular weight is 237 g/mol. The van der Waals surface area contributed by atoms with Crippen molar-refractivity contribution in [1.29, 1.82) is 0 Å². The molecule has 88 valence electrons. The lowest BCUT2D eigenvalue weighted by Crippen LogP contribution is -2.41. The summed E-state index contributed by atoms with van der Waals surface area (Å²) in [5, 5.41) is 5.83. The predicted octanol–water partition coefficient (Wildman–Crippen LogP) is 1.02. The number of carbonyl (C=O) groups excluding carboxylic acids is 1. The largest absolute Gasteiger partial charge is 0.352 e. The smallest absolute Gasteiger partial charge is 0.237 e. The number of hydrogen-bond donors (Lipinski definition) is 2. The van der Waals surface area contributed by atoms with Crippen molar-refractivity contribution in [3.63, 3.8) is 0 Å². The minimum atomic E-state index is -0.855. The van der Waals surface area contributed by atoms with Crippen LogP contribution in [0.5, 0.6) is 0 Å². The van der Waals surface area contributed by atoms with Gasteiger partial charge in [0.05, 0.1) is 6.04 Å². The van der Waals surface area contributed by atoms with Crippen molar-refractivity contribution >= 4 is 18.3 Å². The van der Waals surface area contributed by atoms with Gasteiger partial charge in [0.15, 0.2) is 0 Å². The lowest BCUT2D eigenvalue weighted by Gasteiger charge is -2.10.